The van der Waals surface area contributed by atoms with Crippen molar-refractivity contribution >= 4 is 23.5 Å². The average molecular weight is 148 g/mol. The van der Waals surface area contributed by atoms with Crippen LogP contribution in [0, 0.1) is 13.2 Å². The van der Waals surface area contributed by atoms with E-state index in [9.17, 15) is 0 Å². The van der Waals surface area contributed by atoms with Gasteiger partial charge in [-0.2, -0.15) is 23.5 Å². The topological polar surface area (TPSA) is 0 Å². The van der Waals surface area contributed by atoms with Gasteiger partial charge >= 0.3 is 0 Å². The summed E-state index contributed by atoms with van der Waals surface area (Å²) in [7, 11) is 0. The Morgan fingerprint density at radius 2 is 2.00 bits per heavy atom. The Labute approximate surface area is 60.8 Å². The molecule has 0 saturated carbocycles. The second-order valence-corrected chi connectivity index (χ2v) is 3.42. The molecule has 0 spiro atoms. The number of hydrogen-bond donors (Lipinski definition) is 0. The Balaban J connectivity index is 2.53. The first-order valence-electron chi connectivity index (χ1n) is 2.65. The normalized spacial score (nSPS) is 9.75. The van der Waals surface area contributed by atoms with E-state index in [2.05, 4.69) is 13.2 Å². The summed E-state index contributed by atoms with van der Waals surface area (Å²) < 4.78 is 0. The molecule has 0 aliphatic heterocycles. The van der Waals surface area contributed by atoms with Gasteiger partial charge in [0.1, 0.15) is 0 Å². The Hall–Kier alpha value is 0.700. The van der Waals surface area contributed by atoms with Crippen LogP contribution in [-0.4, -0.2) is 17.3 Å². The quantitative estimate of drug-likeness (QED) is 0.549. The lowest BCUT2D eigenvalue weighted by Gasteiger charge is -1.93. The highest BCUT2D eigenvalue weighted by atomic mass is 32.2. The van der Waals surface area contributed by atoms with Crippen molar-refractivity contribution in [3.8, 4) is 0 Å². The molecule has 0 aliphatic rings. The summed E-state index contributed by atoms with van der Waals surface area (Å²) in [4.78, 5) is 0. The molecule has 8 heavy (non-hydrogen) atoms. The van der Waals surface area contributed by atoms with E-state index in [4.69, 9.17) is 0 Å². The van der Waals surface area contributed by atoms with Crippen LogP contribution < -0.4 is 0 Å². The molecule has 0 saturated heterocycles. The molecular formula is C6H12S2. The Morgan fingerprint density at radius 1 is 1.25 bits per heavy atom. The minimum absolute atomic E-state index is 1.00. The third-order valence-corrected chi connectivity index (χ3v) is 2.17. The van der Waals surface area contributed by atoms with Crippen molar-refractivity contribution in [2.45, 2.75) is 6.42 Å². The van der Waals surface area contributed by atoms with Crippen molar-refractivity contribution < 1.29 is 0 Å². The zero-order valence-electron chi connectivity index (χ0n) is 5.06. The zero-order valence-corrected chi connectivity index (χ0v) is 6.69. The molecule has 0 N–H and O–H groups in total. The van der Waals surface area contributed by atoms with Crippen molar-refractivity contribution in [2.75, 3.05) is 17.3 Å². The fourth-order valence-corrected chi connectivity index (χ4v) is 1.45. The summed E-state index contributed by atoms with van der Waals surface area (Å²) in [6.07, 6.45) is 4.95. The minimum Gasteiger partial charge on any atom is -0.162 e. The molecule has 48 valence electrons. The first-order valence-corrected chi connectivity index (χ1v) is 4.96. The summed E-state index contributed by atoms with van der Waals surface area (Å²) in [5.74, 6) is 3.43. The fourth-order valence-electron chi connectivity index (χ4n) is 0.365. The lowest BCUT2D eigenvalue weighted by Crippen LogP contribution is -1.81. The fraction of sp³-hybridized carbons (Fsp3) is 0.667. The Kier molecular flexibility index (Phi) is 8.37. The maximum atomic E-state index is 3.72. The molecule has 0 amide bonds. The number of thioether (sulfide) groups is 2. The smallest absolute Gasteiger partial charge is 0.00235 e. The van der Waals surface area contributed by atoms with E-state index in [0.717, 1.165) is 5.75 Å². The summed E-state index contributed by atoms with van der Waals surface area (Å²) in [6, 6.07) is 0. The maximum Gasteiger partial charge on any atom is 0.00235 e. The molecule has 0 nitrogen and oxygen atoms in total. The van der Waals surface area contributed by atoms with Crippen LogP contribution >= 0.6 is 23.5 Å². The molecule has 0 aromatic rings. The molecular weight excluding hydrogens is 136 g/mol. The highest BCUT2D eigenvalue weighted by molar-refractivity contribution is 8.00. The van der Waals surface area contributed by atoms with Gasteiger partial charge in [0.15, 0.2) is 0 Å². The molecule has 0 bridgehead atoms. The lowest BCUT2D eigenvalue weighted by atomic mass is 10.6. The van der Waals surface area contributed by atoms with Gasteiger partial charge in [-0.05, 0) is 30.6 Å². The second kappa shape index (κ2) is 7.70. The predicted molar refractivity (Wildman–Crippen MR) is 45.1 cm³/mol. The van der Waals surface area contributed by atoms with E-state index in [-0.39, 0.29) is 0 Å². The van der Waals surface area contributed by atoms with E-state index in [1.165, 1.54) is 17.9 Å². The van der Waals surface area contributed by atoms with E-state index in [0.29, 0.717) is 0 Å². The highest BCUT2D eigenvalue weighted by Gasteiger charge is 1.83. The zero-order chi connectivity index (χ0) is 6.24. The standard InChI is InChI=1S/C6H12S2/c1-3-8-6-4-5-7-2/h1-6H2. The van der Waals surface area contributed by atoms with Crippen LogP contribution in [0.3, 0.4) is 0 Å². The van der Waals surface area contributed by atoms with E-state index >= 15 is 0 Å². The van der Waals surface area contributed by atoms with E-state index in [1.54, 1.807) is 11.8 Å². The molecule has 2 heteroatoms. The highest BCUT2D eigenvalue weighted by Crippen LogP contribution is 2.04. The third-order valence-electron chi connectivity index (χ3n) is 0.722. The SMILES string of the molecule is [CH2]CSCCCS[CH2]. The van der Waals surface area contributed by atoms with Crippen molar-refractivity contribution in [1.29, 1.82) is 0 Å². The molecule has 0 aliphatic carbocycles. The van der Waals surface area contributed by atoms with Gasteiger partial charge in [0, 0.05) is 6.26 Å². The molecule has 0 aromatic heterocycles. The Bertz CT molecular complexity index is 31.5. The van der Waals surface area contributed by atoms with Crippen molar-refractivity contribution in [2.24, 2.45) is 0 Å². The second-order valence-electron chi connectivity index (χ2n) is 1.37. The summed E-state index contributed by atoms with van der Waals surface area (Å²) in [5.41, 5.74) is 0. The van der Waals surface area contributed by atoms with Crippen LogP contribution in [0.15, 0.2) is 0 Å². The number of rotatable bonds is 5. The first-order chi connectivity index (χ1) is 3.91. The van der Waals surface area contributed by atoms with Crippen molar-refractivity contribution in [1.82, 2.24) is 0 Å². The molecule has 0 unspecified atom stereocenters. The van der Waals surface area contributed by atoms with Crippen LogP contribution in [-0.2, 0) is 0 Å². The molecule has 2 radical (unpaired) electrons. The van der Waals surface area contributed by atoms with Gasteiger partial charge in [0.25, 0.3) is 0 Å². The van der Waals surface area contributed by atoms with Crippen LogP contribution in [0.1, 0.15) is 6.42 Å². The van der Waals surface area contributed by atoms with Gasteiger partial charge in [-0.15, -0.1) is 0 Å². The largest absolute Gasteiger partial charge is 0.162 e. The first kappa shape index (κ1) is 8.70. The monoisotopic (exact) mass is 148 g/mol. The number of hydrogen-bond acceptors (Lipinski definition) is 2. The Morgan fingerprint density at radius 3 is 2.50 bits per heavy atom. The molecule has 0 atom stereocenters. The van der Waals surface area contributed by atoms with Gasteiger partial charge in [0.2, 0.25) is 0 Å². The minimum atomic E-state index is 1.00. The van der Waals surface area contributed by atoms with Gasteiger partial charge in [-0.25, -0.2) is 0 Å². The van der Waals surface area contributed by atoms with Crippen LogP contribution in [0.5, 0.6) is 0 Å². The van der Waals surface area contributed by atoms with Gasteiger partial charge in [0.05, 0.1) is 0 Å². The molecule has 0 aromatic carbocycles. The average Bonchev–Trinajstić information content (AvgIpc) is 1.81. The summed E-state index contributed by atoms with van der Waals surface area (Å²) >= 11 is 3.56. The van der Waals surface area contributed by atoms with E-state index in [1.807, 2.05) is 11.8 Å². The third kappa shape index (κ3) is 6.70. The van der Waals surface area contributed by atoms with Gasteiger partial charge in [-0.1, -0.05) is 0 Å². The summed E-state index contributed by atoms with van der Waals surface area (Å²) in [6.45, 7) is 3.72. The van der Waals surface area contributed by atoms with Gasteiger partial charge in [-0.3, -0.25) is 0 Å². The van der Waals surface area contributed by atoms with Crippen molar-refractivity contribution in [3.63, 3.8) is 0 Å². The summed E-state index contributed by atoms with van der Waals surface area (Å²) in [5, 5.41) is 0. The van der Waals surface area contributed by atoms with Crippen molar-refractivity contribution in [3.05, 3.63) is 13.2 Å². The molecule has 0 rings (SSSR count). The van der Waals surface area contributed by atoms with E-state index < -0.39 is 0 Å². The van der Waals surface area contributed by atoms with Crippen LogP contribution in [0.2, 0.25) is 0 Å². The lowest BCUT2D eigenvalue weighted by molar-refractivity contribution is 1.13. The van der Waals surface area contributed by atoms with Gasteiger partial charge < -0.3 is 0 Å². The maximum absolute atomic E-state index is 3.72. The van der Waals surface area contributed by atoms with Crippen LogP contribution in [0.4, 0.5) is 0 Å². The predicted octanol–water partition coefficient (Wildman–Crippen LogP) is 2.47. The van der Waals surface area contributed by atoms with Crippen LogP contribution in [0.25, 0.3) is 0 Å². The molecule has 0 heterocycles. The molecule has 0 fully saturated rings.